The lowest BCUT2D eigenvalue weighted by molar-refractivity contribution is -0.142. The Bertz CT molecular complexity index is 539. The van der Waals surface area contributed by atoms with E-state index in [2.05, 4.69) is 5.32 Å². The van der Waals surface area contributed by atoms with Crippen molar-refractivity contribution in [1.82, 2.24) is 15.1 Å². The van der Waals surface area contributed by atoms with Crippen molar-refractivity contribution in [3.05, 3.63) is 0 Å². The van der Waals surface area contributed by atoms with Crippen LogP contribution in [-0.2, 0) is 14.3 Å². The second-order valence-corrected chi connectivity index (χ2v) is 7.99. The van der Waals surface area contributed by atoms with Crippen LogP contribution < -0.4 is 5.32 Å². The Morgan fingerprint density at radius 3 is 2.30 bits per heavy atom. The highest BCUT2D eigenvalue weighted by atomic mass is 16.6. The highest BCUT2D eigenvalue weighted by molar-refractivity contribution is 5.89. The molecule has 27 heavy (non-hydrogen) atoms. The molecule has 3 amide bonds. The SMILES string of the molecule is CCOC(=O)N1CCC(NC(=O)C2CCCN2C(=O)C2CCCCC2)CC1. The van der Waals surface area contributed by atoms with Gasteiger partial charge in [0.25, 0.3) is 0 Å². The van der Waals surface area contributed by atoms with Crippen LogP contribution in [0.4, 0.5) is 4.79 Å². The van der Waals surface area contributed by atoms with Crippen molar-refractivity contribution in [1.29, 1.82) is 0 Å². The summed E-state index contributed by atoms with van der Waals surface area (Å²) in [6.07, 6.45) is 8.25. The summed E-state index contributed by atoms with van der Waals surface area (Å²) in [4.78, 5) is 41.0. The zero-order valence-electron chi connectivity index (χ0n) is 16.5. The zero-order valence-corrected chi connectivity index (χ0v) is 16.5. The molecule has 1 atom stereocenters. The molecular formula is C20H33N3O4. The third-order valence-electron chi connectivity index (χ3n) is 6.16. The van der Waals surface area contributed by atoms with Crippen LogP contribution in [0.5, 0.6) is 0 Å². The molecule has 0 aromatic carbocycles. The summed E-state index contributed by atoms with van der Waals surface area (Å²) >= 11 is 0. The molecule has 1 unspecified atom stereocenters. The van der Waals surface area contributed by atoms with Gasteiger partial charge in [0.1, 0.15) is 6.04 Å². The molecule has 3 aliphatic rings. The van der Waals surface area contributed by atoms with Gasteiger partial charge in [0.05, 0.1) is 6.61 Å². The molecule has 2 saturated heterocycles. The van der Waals surface area contributed by atoms with E-state index in [1.807, 2.05) is 4.90 Å². The number of carbonyl (C=O) groups excluding carboxylic acids is 3. The second kappa shape index (κ2) is 9.42. The summed E-state index contributed by atoms with van der Waals surface area (Å²) in [5.41, 5.74) is 0. The fraction of sp³-hybridized carbons (Fsp3) is 0.850. The van der Waals surface area contributed by atoms with Crippen LogP contribution in [-0.4, -0.2) is 66.0 Å². The van der Waals surface area contributed by atoms with Crippen LogP contribution in [0.1, 0.15) is 64.7 Å². The lowest BCUT2D eigenvalue weighted by Gasteiger charge is -2.34. The molecule has 0 aromatic heterocycles. The van der Waals surface area contributed by atoms with Gasteiger partial charge >= 0.3 is 6.09 Å². The third-order valence-corrected chi connectivity index (χ3v) is 6.16. The van der Waals surface area contributed by atoms with Crippen molar-refractivity contribution >= 4 is 17.9 Å². The first-order chi connectivity index (χ1) is 13.1. The molecular weight excluding hydrogens is 346 g/mol. The van der Waals surface area contributed by atoms with Gasteiger partial charge in [0.15, 0.2) is 0 Å². The molecule has 0 radical (unpaired) electrons. The first-order valence-electron chi connectivity index (χ1n) is 10.6. The van der Waals surface area contributed by atoms with Gasteiger partial charge in [0.2, 0.25) is 11.8 Å². The molecule has 7 heteroatoms. The van der Waals surface area contributed by atoms with E-state index in [1.165, 1.54) is 6.42 Å². The lowest BCUT2D eigenvalue weighted by atomic mass is 9.88. The summed E-state index contributed by atoms with van der Waals surface area (Å²) < 4.78 is 5.03. The standard InChI is InChI=1S/C20H33N3O4/c1-2-27-20(26)22-13-10-16(11-14-22)21-18(24)17-9-6-12-23(17)19(25)15-7-4-3-5-8-15/h15-17H,2-14H2,1H3,(H,21,24). The largest absolute Gasteiger partial charge is 0.450 e. The minimum Gasteiger partial charge on any atom is -0.450 e. The van der Waals surface area contributed by atoms with Crippen molar-refractivity contribution in [2.75, 3.05) is 26.2 Å². The molecule has 1 N–H and O–H groups in total. The highest BCUT2D eigenvalue weighted by Crippen LogP contribution is 2.29. The van der Waals surface area contributed by atoms with E-state index >= 15 is 0 Å². The van der Waals surface area contributed by atoms with E-state index in [9.17, 15) is 14.4 Å². The average molecular weight is 380 g/mol. The number of carbonyl (C=O) groups is 3. The van der Waals surface area contributed by atoms with Crippen LogP contribution >= 0.6 is 0 Å². The molecule has 2 heterocycles. The van der Waals surface area contributed by atoms with Crippen LogP contribution in [0.25, 0.3) is 0 Å². The first kappa shape index (κ1) is 20.0. The molecule has 0 bridgehead atoms. The van der Waals surface area contributed by atoms with Crippen molar-refractivity contribution in [3.8, 4) is 0 Å². The smallest absolute Gasteiger partial charge is 0.409 e. The Kier molecular flexibility index (Phi) is 6.96. The van der Waals surface area contributed by atoms with Gasteiger partial charge in [-0.15, -0.1) is 0 Å². The van der Waals surface area contributed by atoms with Crippen LogP contribution in [0, 0.1) is 5.92 Å². The van der Waals surface area contributed by atoms with Crippen molar-refractivity contribution in [3.63, 3.8) is 0 Å². The van der Waals surface area contributed by atoms with E-state index < -0.39 is 0 Å². The molecule has 0 aromatic rings. The number of ether oxygens (including phenoxy) is 1. The summed E-state index contributed by atoms with van der Waals surface area (Å²) in [5, 5.41) is 3.13. The van der Waals surface area contributed by atoms with E-state index in [0.717, 1.165) is 51.4 Å². The van der Waals surface area contributed by atoms with Gasteiger partial charge in [-0.1, -0.05) is 19.3 Å². The maximum absolute atomic E-state index is 12.9. The monoisotopic (exact) mass is 379 g/mol. The van der Waals surface area contributed by atoms with Crippen LogP contribution in [0.15, 0.2) is 0 Å². The Hall–Kier alpha value is -1.79. The molecule has 2 aliphatic heterocycles. The lowest BCUT2D eigenvalue weighted by Crippen LogP contribution is -2.53. The van der Waals surface area contributed by atoms with E-state index in [-0.39, 0.29) is 35.9 Å². The number of likely N-dealkylation sites (tertiary alicyclic amines) is 2. The molecule has 3 rings (SSSR count). The third kappa shape index (κ3) is 4.93. The van der Waals surface area contributed by atoms with Crippen molar-refractivity contribution in [2.24, 2.45) is 5.92 Å². The number of rotatable bonds is 4. The van der Waals surface area contributed by atoms with Crippen molar-refractivity contribution < 1.29 is 19.1 Å². The molecule has 7 nitrogen and oxygen atoms in total. The van der Waals surface area contributed by atoms with Gasteiger partial charge in [-0.3, -0.25) is 9.59 Å². The maximum atomic E-state index is 12.9. The predicted octanol–water partition coefficient (Wildman–Crippen LogP) is 2.29. The highest BCUT2D eigenvalue weighted by Gasteiger charge is 2.38. The number of amides is 3. The molecule has 3 fully saturated rings. The second-order valence-electron chi connectivity index (χ2n) is 7.99. The number of hydrogen-bond acceptors (Lipinski definition) is 4. The summed E-state index contributed by atoms with van der Waals surface area (Å²) in [6.45, 7) is 4.07. The Morgan fingerprint density at radius 2 is 1.63 bits per heavy atom. The Morgan fingerprint density at radius 1 is 0.926 bits per heavy atom. The Labute approximate surface area is 161 Å². The average Bonchev–Trinajstić information content (AvgIpc) is 3.19. The number of nitrogens with one attached hydrogen (secondary N) is 1. The van der Waals surface area contributed by atoms with Crippen LogP contribution in [0.3, 0.4) is 0 Å². The number of hydrogen-bond donors (Lipinski definition) is 1. The Balaban J connectivity index is 1.48. The summed E-state index contributed by atoms with van der Waals surface area (Å²) in [6, 6.07) is -0.252. The fourth-order valence-electron chi connectivity index (χ4n) is 4.61. The van der Waals surface area contributed by atoms with E-state index in [4.69, 9.17) is 4.74 Å². The summed E-state index contributed by atoms with van der Waals surface area (Å²) in [7, 11) is 0. The van der Waals surface area contributed by atoms with E-state index in [0.29, 0.717) is 26.2 Å². The number of nitrogens with zero attached hydrogens (tertiary/aromatic N) is 2. The maximum Gasteiger partial charge on any atom is 0.409 e. The quantitative estimate of drug-likeness (QED) is 0.813. The topological polar surface area (TPSA) is 79.0 Å². The number of piperidine rings is 1. The van der Waals surface area contributed by atoms with Crippen molar-refractivity contribution in [2.45, 2.75) is 76.8 Å². The van der Waals surface area contributed by atoms with Gasteiger partial charge < -0.3 is 19.9 Å². The molecule has 0 spiro atoms. The molecule has 1 saturated carbocycles. The first-order valence-corrected chi connectivity index (χ1v) is 10.6. The minimum atomic E-state index is -0.317. The van der Waals surface area contributed by atoms with Gasteiger partial charge in [0, 0.05) is 31.6 Å². The van der Waals surface area contributed by atoms with E-state index in [1.54, 1.807) is 11.8 Å². The zero-order chi connectivity index (χ0) is 19.2. The van der Waals surface area contributed by atoms with Gasteiger partial charge in [-0.2, -0.15) is 0 Å². The minimum absolute atomic E-state index is 0.0220. The van der Waals surface area contributed by atoms with Gasteiger partial charge in [-0.05, 0) is 45.4 Å². The summed E-state index contributed by atoms with van der Waals surface area (Å²) in [5.74, 6) is 0.274. The van der Waals surface area contributed by atoms with Gasteiger partial charge in [-0.25, -0.2) is 4.79 Å². The predicted molar refractivity (Wildman–Crippen MR) is 101 cm³/mol. The molecule has 1 aliphatic carbocycles. The molecule has 152 valence electrons. The normalized spacial score (nSPS) is 24.7. The van der Waals surface area contributed by atoms with Crippen LogP contribution in [0.2, 0.25) is 0 Å². The fourth-order valence-corrected chi connectivity index (χ4v) is 4.61.